The van der Waals surface area contributed by atoms with Gasteiger partial charge in [0.2, 0.25) is 0 Å². The molecule has 0 aliphatic carbocycles. The largest absolute Gasteiger partial charge is 0.462 e. The Morgan fingerprint density at radius 1 is 0.688 bits per heavy atom. The van der Waals surface area contributed by atoms with Crippen LogP contribution in [0.2, 0.25) is 0 Å². The van der Waals surface area contributed by atoms with Crippen LogP contribution in [0.4, 0.5) is 0 Å². The highest BCUT2D eigenvalue weighted by atomic mass is 16.5. The molecule has 1 unspecified atom stereocenters. The van der Waals surface area contributed by atoms with Crippen LogP contribution in [-0.4, -0.2) is 12.6 Å². The van der Waals surface area contributed by atoms with Crippen LogP contribution in [0.15, 0.2) is 24.3 Å². The molecule has 0 bridgehead atoms. The zero-order valence-corrected chi connectivity index (χ0v) is 21.9. The second-order valence-corrected chi connectivity index (χ2v) is 10.2. The highest BCUT2D eigenvalue weighted by Crippen LogP contribution is 2.32. The maximum absolute atomic E-state index is 12.6. The van der Waals surface area contributed by atoms with Crippen LogP contribution in [0, 0.1) is 5.41 Å². The minimum Gasteiger partial charge on any atom is -0.462 e. The predicted octanol–water partition coefficient (Wildman–Crippen LogP) is 9.69. The Morgan fingerprint density at radius 2 is 1.12 bits per heavy atom. The Balaban J connectivity index is 2.47. The zero-order valence-electron chi connectivity index (χ0n) is 21.9. The molecule has 1 atom stereocenters. The molecule has 2 nitrogen and oxygen atoms in total. The van der Waals surface area contributed by atoms with Crippen LogP contribution in [-0.2, 0) is 11.2 Å². The highest BCUT2D eigenvalue weighted by Gasteiger charge is 2.26. The molecule has 0 spiro atoms. The first-order chi connectivity index (χ1) is 15.5. The van der Waals surface area contributed by atoms with Gasteiger partial charge >= 0.3 is 5.97 Å². The number of unbranched alkanes of at least 4 members (excludes halogenated alkanes) is 12. The Kier molecular flexibility index (Phi) is 16.3. The molecule has 0 heterocycles. The van der Waals surface area contributed by atoms with Crippen molar-refractivity contribution in [3.63, 3.8) is 0 Å². The van der Waals surface area contributed by atoms with Gasteiger partial charge in [-0.1, -0.05) is 130 Å². The summed E-state index contributed by atoms with van der Waals surface area (Å²) in [5.74, 6) is -0.169. The van der Waals surface area contributed by atoms with Crippen LogP contribution >= 0.6 is 0 Å². The highest BCUT2D eigenvalue weighted by molar-refractivity contribution is 5.89. The number of ether oxygens (including phenoxy) is 1. The van der Waals surface area contributed by atoms with Crippen LogP contribution in [0.25, 0.3) is 0 Å². The van der Waals surface area contributed by atoms with E-state index in [1.165, 1.54) is 102 Å². The summed E-state index contributed by atoms with van der Waals surface area (Å²) in [5.41, 5.74) is 2.03. The zero-order chi connectivity index (χ0) is 23.5. The first-order valence-electron chi connectivity index (χ1n) is 13.8. The lowest BCUT2D eigenvalue weighted by Gasteiger charge is -2.29. The molecule has 0 N–H and O–H groups in total. The Bertz CT molecular complexity index is 577. The van der Waals surface area contributed by atoms with Gasteiger partial charge in [0.05, 0.1) is 12.2 Å². The van der Waals surface area contributed by atoms with Gasteiger partial charge in [0.1, 0.15) is 0 Å². The lowest BCUT2D eigenvalue weighted by atomic mass is 9.80. The number of rotatable bonds is 20. The van der Waals surface area contributed by atoms with Gasteiger partial charge in [-0.25, -0.2) is 4.79 Å². The van der Waals surface area contributed by atoms with Crippen molar-refractivity contribution < 1.29 is 9.53 Å². The molecule has 0 saturated heterocycles. The molecule has 1 rings (SSSR count). The van der Waals surface area contributed by atoms with Gasteiger partial charge in [-0.2, -0.15) is 0 Å². The molecule has 1 aromatic rings. The molecule has 0 aliphatic rings. The normalized spacial score (nSPS) is 13.1. The lowest BCUT2D eigenvalue weighted by molar-refractivity contribution is 0.0264. The van der Waals surface area contributed by atoms with E-state index >= 15 is 0 Å². The molecule has 1 aromatic carbocycles. The van der Waals surface area contributed by atoms with Gasteiger partial charge < -0.3 is 4.74 Å². The van der Waals surface area contributed by atoms with E-state index in [0.717, 1.165) is 12.8 Å². The van der Waals surface area contributed by atoms with Crippen LogP contribution in [0.5, 0.6) is 0 Å². The number of carbonyl (C=O) groups is 1. The Hall–Kier alpha value is -1.31. The number of esters is 1. The predicted molar refractivity (Wildman–Crippen MR) is 139 cm³/mol. The number of hydrogen-bond acceptors (Lipinski definition) is 2. The molecule has 0 aliphatic heterocycles. The van der Waals surface area contributed by atoms with Crippen molar-refractivity contribution in [2.75, 3.05) is 6.61 Å². The van der Waals surface area contributed by atoms with E-state index in [4.69, 9.17) is 4.74 Å². The summed E-state index contributed by atoms with van der Waals surface area (Å²) in [6.07, 6.45) is 22.0. The van der Waals surface area contributed by atoms with E-state index < -0.39 is 0 Å². The van der Waals surface area contributed by atoms with Crippen molar-refractivity contribution in [2.45, 2.75) is 137 Å². The minimum absolute atomic E-state index is 0.103. The van der Waals surface area contributed by atoms with Crippen molar-refractivity contribution in [2.24, 2.45) is 5.41 Å². The second-order valence-electron chi connectivity index (χ2n) is 10.2. The molecule has 2 heteroatoms. The Labute approximate surface area is 199 Å². The van der Waals surface area contributed by atoms with E-state index in [9.17, 15) is 4.79 Å². The summed E-state index contributed by atoms with van der Waals surface area (Å²) in [4.78, 5) is 12.6. The third-order valence-corrected chi connectivity index (χ3v) is 6.92. The number of benzene rings is 1. The summed E-state index contributed by atoms with van der Waals surface area (Å²) in [6.45, 7) is 9.56. The molecular formula is C30H52O2. The fourth-order valence-corrected chi connectivity index (χ4v) is 4.49. The number of aryl methyl sites for hydroxylation is 1. The third-order valence-electron chi connectivity index (χ3n) is 6.92. The molecule has 32 heavy (non-hydrogen) atoms. The van der Waals surface area contributed by atoms with Gasteiger partial charge in [0.25, 0.3) is 0 Å². The van der Waals surface area contributed by atoms with E-state index in [0.29, 0.717) is 12.2 Å². The SMILES string of the molecule is CCCCCCCCCCC(C)(CCCCCCCC)COC(=O)c1ccc(CC)cc1. The van der Waals surface area contributed by atoms with Crippen molar-refractivity contribution in [3.05, 3.63) is 35.4 Å². The topological polar surface area (TPSA) is 26.3 Å². The fourth-order valence-electron chi connectivity index (χ4n) is 4.49. The standard InChI is InChI=1S/C30H52O2/c1-5-8-10-12-14-15-17-19-25-30(4,24-18-16-13-11-9-6-2)26-32-29(31)28-22-20-27(7-3)21-23-28/h20-23H,5-19,24-26H2,1-4H3. The summed E-state index contributed by atoms with van der Waals surface area (Å²) in [5, 5.41) is 0. The average molecular weight is 445 g/mol. The second kappa shape index (κ2) is 18.2. The van der Waals surface area contributed by atoms with E-state index in [2.05, 4.69) is 27.7 Å². The maximum Gasteiger partial charge on any atom is 0.338 e. The molecule has 0 aromatic heterocycles. The number of hydrogen-bond donors (Lipinski definition) is 0. The Morgan fingerprint density at radius 3 is 1.56 bits per heavy atom. The molecular weight excluding hydrogens is 392 g/mol. The molecule has 0 fully saturated rings. The van der Waals surface area contributed by atoms with Crippen LogP contribution in [0.3, 0.4) is 0 Å². The molecule has 184 valence electrons. The number of carbonyl (C=O) groups excluding carboxylic acids is 1. The van der Waals surface area contributed by atoms with Gasteiger partial charge in [-0.05, 0) is 37.0 Å². The maximum atomic E-state index is 12.6. The monoisotopic (exact) mass is 444 g/mol. The molecule has 0 amide bonds. The summed E-state index contributed by atoms with van der Waals surface area (Å²) in [6, 6.07) is 7.88. The third kappa shape index (κ3) is 13.3. The minimum atomic E-state index is -0.169. The van der Waals surface area contributed by atoms with E-state index in [1.807, 2.05) is 24.3 Å². The first-order valence-corrected chi connectivity index (χ1v) is 13.8. The van der Waals surface area contributed by atoms with Crippen molar-refractivity contribution >= 4 is 5.97 Å². The fraction of sp³-hybridized carbons (Fsp3) is 0.767. The summed E-state index contributed by atoms with van der Waals surface area (Å²) in [7, 11) is 0. The van der Waals surface area contributed by atoms with Crippen molar-refractivity contribution in [1.82, 2.24) is 0 Å². The van der Waals surface area contributed by atoms with Crippen LogP contribution < -0.4 is 0 Å². The average Bonchev–Trinajstić information content (AvgIpc) is 2.81. The van der Waals surface area contributed by atoms with Gasteiger partial charge in [-0.3, -0.25) is 0 Å². The van der Waals surface area contributed by atoms with Gasteiger partial charge in [0, 0.05) is 5.41 Å². The molecule has 0 radical (unpaired) electrons. The van der Waals surface area contributed by atoms with E-state index in [-0.39, 0.29) is 11.4 Å². The lowest BCUT2D eigenvalue weighted by Crippen LogP contribution is -2.25. The van der Waals surface area contributed by atoms with Gasteiger partial charge in [0.15, 0.2) is 0 Å². The van der Waals surface area contributed by atoms with Gasteiger partial charge in [-0.15, -0.1) is 0 Å². The van der Waals surface area contributed by atoms with Crippen molar-refractivity contribution in [1.29, 1.82) is 0 Å². The smallest absolute Gasteiger partial charge is 0.338 e. The first kappa shape index (κ1) is 28.7. The quantitative estimate of drug-likeness (QED) is 0.148. The molecule has 0 saturated carbocycles. The summed E-state index contributed by atoms with van der Waals surface area (Å²) < 4.78 is 5.85. The van der Waals surface area contributed by atoms with E-state index in [1.54, 1.807) is 0 Å². The van der Waals surface area contributed by atoms with Crippen molar-refractivity contribution in [3.8, 4) is 0 Å². The summed E-state index contributed by atoms with van der Waals surface area (Å²) >= 11 is 0. The van der Waals surface area contributed by atoms with Crippen LogP contribution in [0.1, 0.15) is 146 Å².